The first-order valence-corrected chi connectivity index (χ1v) is 8.33. The first kappa shape index (κ1) is 14.1. The molecule has 1 amide bonds. The second-order valence-corrected chi connectivity index (χ2v) is 6.32. The predicted molar refractivity (Wildman–Crippen MR) is 83.7 cm³/mol. The Kier molecular flexibility index (Phi) is 3.66. The third-order valence-electron chi connectivity index (χ3n) is 3.90. The molecule has 0 aromatic carbocycles. The van der Waals surface area contributed by atoms with Crippen molar-refractivity contribution in [1.29, 1.82) is 0 Å². The number of nitrogens with zero attached hydrogens (tertiary/aromatic N) is 3. The molecule has 0 spiro atoms. The van der Waals surface area contributed by atoms with Gasteiger partial charge in [0.05, 0.1) is 24.4 Å². The number of H-pyrrole nitrogens is 1. The van der Waals surface area contributed by atoms with Crippen LogP contribution < -0.4 is 5.32 Å². The lowest BCUT2D eigenvalue weighted by Crippen LogP contribution is -2.31. The molecule has 3 aromatic rings. The lowest BCUT2D eigenvalue weighted by Gasteiger charge is -2.22. The summed E-state index contributed by atoms with van der Waals surface area (Å²) in [6.07, 6.45) is 6.31. The van der Waals surface area contributed by atoms with Gasteiger partial charge < -0.3 is 9.73 Å². The van der Waals surface area contributed by atoms with Gasteiger partial charge in [-0.1, -0.05) is 0 Å². The average Bonchev–Trinajstić information content (AvgIpc) is 3.28. The normalized spacial score (nSPS) is 17.0. The lowest BCUT2D eigenvalue weighted by molar-refractivity contribution is -0.121. The van der Waals surface area contributed by atoms with E-state index >= 15 is 0 Å². The van der Waals surface area contributed by atoms with Crippen LogP contribution in [0.3, 0.4) is 0 Å². The number of fused-ring (bicyclic) bond motifs is 1. The number of rotatable bonds is 4. The largest absolute Gasteiger partial charge is 0.469 e. The Bertz CT molecular complexity index is 808. The van der Waals surface area contributed by atoms with Gasteiger partial charge in [0.15, 0.2) is 10.8 Å². The number of thiazole rings is 1. The highest BCUT2D eigenvalue weighted by atomic mass is 32.1. The smallest absolute Gasteiger partial charge is 0.226 e. The minimum atomic E-state index is -0.0292. The van der Waals surface area contributed by atoms with E-state index < -0.39 is 0 Å². The third-order valence-corrected chi connectivity index (χ3v) is 4.80. The molecule has 1 atom stereocenters. The fraction of sp³-hybridized carbons (Fsp3) is 0.333. The summed E-state index contributed by atoms with van der Waals surface area (Å²) in [6.45, 7) is 0. The van der Waals surface area contributed by atoms with E-state index in [1.807, 2.05) is 11.4 Å². The Balaban J connectivity index is 1.41. The summed E-state index contributed by atoms with van der Waals surface area (Å²) in [5.41, 5.74) is 1.84. The molecule has 1 aliphatic carbocycles. The van der Waals surface area contributed by atoms with E-state index in [0.717, 1.165) is 41.3 Å². The standard InChI is InChI=1S/C15H15N5O2S/c21-13(19-11-2-1-3-12-10(11)4-5-22-12)6-9-7-23-15(18-9)14-16-8-17-20-14/h4-5,7-8,11H,1-3,6H2,(H,19,21)(H,16,17,20)/t11-/m0/s1. The maximum absolute atomic E-state index is 12.3. The van der Waals surface area contributed by atoms with E-state index in [0.29, 0.717) is 5.82 Å². The van der Waals surface area contributed by atoms with Gasteiger partial charge >= 0.3 is 0 Å². The summed E-state index contributed by atoms with van der Waals surface area (Å²) in [6, 6.07) is 1.99. The molecule has 2 N–H and O–H groups in total. The lowest BCUT2D eigenvalue weighted by atomic mass is 9.93. The first-order chi connectivity index (χ1) is 11.3. The van der Waals surface area contributed by atoms with Crippen molar-refractivity contribution >= 4 is 17.2 Å². The molecule has 118 valence electrons. The van der Waals surface area contributed by atoms with Crippen molar-refractivity contribution in [3.8, 4) is 10.8 Å². The monoisotopic (exact) mass is 329 g/mol. The van der Waals surface area contributed by atoms with Crippen molar-refractivity contribution < 1.29 is 9.21 Å². The number of aromatic nitrogens is 4. The molecule has 7 nitrogen and oxygen atoms in total. The van der Waals surface area contributed by atoms with Crippen LogP contribution in [0, 0.1) is 0 Å². The Labute approximate surface area is 136 Å². The second-order valence-electron chi connectivity index (χ2n) is 5.47. The van der Waals surface area contributed by atoms with Gasteiger partial charge in [0.1, 0.15) is 12.1 Å². The highest BCUT2D eigenvalue weighted by Gasteiger charge is 2.24. The van der Waals surface area contributed by atoms with Crippen molar-refractivity contribution in [2.45, 2.75) is 31.7 Å². The quantitative estimate of drug-likeness (QED) is 0.765. The number of aryl methyl sites for hydroxylation is 1. The van der Waals surface area contributed by atoms with Gasteiger partial charge in [0.25, 0.3) is 0 Å². The van der Waals surface area contributed by atoms with Crippen molar-refractivity contribution in [2.24, 2.45) is 0 Å². The van der Waals surface area contributed by atoms with E-state index in [2.05, 4.69) is 25.5 Å². The predicted octanol–water partition coefficient (Wildman–Crippen LogP) is 2.26. The fourth-order valence-corrected chi connectivity index (χ4v) is 3.62. The molecule has 1 aliphatic rings. The Morgan fingerprint density at radius 1 is 1.52 bits per heavy atom. The molecule has 0 saturated carbocycles. The van der Waals surface area contributed by atoms with E-state index in [-0.39, 0.29) is 18.4 Å². The highest BCUT2D eigenvalue weighted by Crippen LogP contribution is 2.30. The van der Waals surface area contributed by atoms with Crippen LogP contribution >= 0.6 is 11.3 Å². The molecule has 8 heteroatoms. The van der Waals surface area contributed by atoms with Gasteiger partial charge in [0, 0.05) is 17.4 Å². The van der Waals surface area contributed by atoms with Gasteiger partial charge in [-0.25, -0.2) is 9.97 Å². The van der Waals surface area contributed by atoms with E-state index in [9.17, 15) is 4.79 Å². The number of furan rings is 1. The van der Waals surface area contributed by atoms with Gasteiger partial charge in [0.2, 0.25) is 5.91 Å². The van der Waals surface area contributed by atoms with Crippen molar-refractivity contribution in [1.82, 2.24) is 25.5 Å². The Morgan fingerprint density at radius 3 is 3.35 bits per heavy atom. The zero-order valence-electron chi connectivity index (χ0n) is 12.3. The van der Waals surface area contributed by atoms with Gasteiger partial charge in [-0.15, -0.1) is 11.3 Å². The van der Waals surface area contributed by atoms with Crippen molar-refractivity contribution in [2.75, 3.05) is 0 Å². The highest BCUT2D eigenvalue weighted by molar-refractivity contribution is 7.13. The Morgan fingerprint density at radius 2 is 2.48 bits per heavy atom. The minimum absolute atomic E-state index is 0.0292. The van der Waals surface area contributed by atoms with Crippen LogP contribution in [-0.4, -0.2) is 26.1 Å². The van der Waals surface area contributed by atoms with Crippen LogP contribution in [0.25, 0.3) is 10.8 Å². The van der Waals surface area contributed by atoms with Crippen molar-refractivity contribution in [3.05, 3.63) is 41.1 Å². The molecule has 0 fully saturated rings. The minimum Gasteiger partial charge on any atom is -0.469 e. The summed E-state index contributed by atoms with van der Waals surface area (Å²) in [4.78, 5) is 20.8. The zero-order valence-corrected chi connectivity index (χ0v) is 13.1. The molecule has 4 rings (SSSR count). The molecule has 0 unspecified atom stereocenters. The van der Waals surface area contributed by atoms with E-state index in [4.69, 9.17) is 4.42 Å². The van der Waals surface area contributed by atoms with Crippen LogP contribution in [0.5, 0.6) is 0 Å². The Hall–Kier alpha value is -2.48. The zero-order chi connectivity index (χ0) is 15.6. The summed E-state index contributed by atoms with van der Waals surface area (Å²) >= 11 is 1.45. The topological polar surface area (TPSA) is 96.7 Å². The first-order valence-electron chi connectivity index (χ1n) is 7.45. The molecule has 0 bridgehead atoms. The van der Waals surface area contributed by atoms with Crippen LogP contribution in [0.1, 0.15) is 35.9 Å². The second kappa shape index (κ2) is 5.96. The molecule has 0 saturated heterocycles. The number of nitrogens with one attached hydrogen (secondary N) is 2. The molecular weight excluding hydrogens is 314 g/mol. The number of hydrogen-bond donors (Lipinski definition) is 2. The molecule has 3 heterocycles. The van der Waals surface area contributed by atoms with Crippen LogP contribution in [0.2, 0.25) is 0 Å². The molecule has 0 radical (unpaired) electrons. The fourth-order valence-electron chi connectivity index (χ4n) is 2.85. The van der Waals surface area contributed by atoms with Crippen LogP contribution in [0.15, 0.2) is 28.5 Å². The number of amides is 1. The van der Waals surface area contributed by atoms with E-state index in [1.165, 1.54) is 17.7 Å². The summed E-state index contributed by atoms with van der Waals surface area (Å²) in [5, 5.41) is 12.3. The maximum atomic E-state index is 12.3. The number of carbonyl (C=O) groups is 1. The van der Waals surface area contributed by atoms with Gasteiger partial charge in [-0.05, 0) is 18.9 Å². The SMILES string of the molecule is O=C(Cc1csc(-c2ncn[nH]2)n1)N[C@H]1CCCc2occc21. The molecule has 0 aliphatic heterocycles. The van der Waals surface area contributed by atoms with Gasteiger partial charge in [-0.2, -0.15) is 5.10 Å². The molecule has 3 aromatic heterocycles. The van der Waals surface area contributed by atoms with Crippen LogP contribution in [0.4, 0.5) is 0 Å². The summed E-state index contributed by atoms with van der Waals surface area (Å²) in [5.74, 6) is 1.58. The molecule has 23 heavy (non-hydrogen) atoms. The molecular formula is C15H15N5O2S. The van der Waals surface area contributed by atoms with E-state index in [1.54, 1.807) is 6.26 Å². The van der Waals surface area contributed by atoms with Crippen LogP contribution in [-0.2, 0) is 17.6 Å². The number of aromatic amines is 1. The van der Waals surface area contributed by atoms with Gasteiger partial charge in [-0.3, -0.25) is 9.89 Å². The summed E-state index contributed by atoms with van der Waals surface area (Å²) in [7, 11) is 0. The van der Waals surface area contributed by atoms with Crippen molar-refractivity contribution in [3.63, 3.8) is 0 Å². The third kappa shape index (κ3) is 2.89. The number of hydrogen-bond acceptors (Lipinski definition) is 6. The average molecular weight is 329 g/mol. The summed E-state index contributed by atoms with van der Waals surface area (Å²) < 4.78 is 5.45. The number of carbonyl (C=O) groups excluding carboxylic acids is 1. The maximum Gasteiger partial charge on any atom is 0.226 e.